The molecule has 0 aromatic heterocycles. The number of benzene rings is 2. The number of halogens is 1. The second-order valence-corrected chi connectivity index (χ2v) is 8.97. The molecule has 0 spiro atoms. The highest BCUT2D eigenvalue weighted by molar-refractivity contribution is 9.10. The first kappa shape index (κ1) is 22.1. The average molecular weight is 468 g/mol. The highest BCUT2D eigenvalue weighted by Gasteiger charge is 2.27. The molecule has 2 aromatic rings. The highest BCUT2D eigenvalue weighted by atomic mass is 79.9. The number of sulfonamides is 1. The summed E-state index contributed by atoms with van der Waals surface area (Å²) in [4.78, 5) is 23.6. The van der Waals surface area contributed by atoms with Crippen LogP contribution in [0.25, 0.3) is 0 Å². The predicted octanol–water partition coefficient (Wildman–Crippen LogP) is 3.37. The molecule has 0 saturated carbocycles. The molecule has 0 aliphatic rings. The number of nitrogens with zero attached hydrogens (tertiary/aromatic N) is 1. The molecule has 2 amide bonds. The van der Waals surface area contributed by atoms with E-state index in [-0.39, 0.29) is 23.9 Å². The summed E-state index contributed by atoms with van der Waals surface area (Å²) in [5.74, 6) is -0.645. The maximum atomic E-state index is 13.0. The summed E-state index contributed by atoms with van der Waals surface area (Å²) in [6.07, 6.45) is 0. The lowest BCUT2D eigenvalue weighted by Crippen LogP contribution is -2.38. The van der Waals surface area contributed by atoms with Crippen molar-refractivity contribution < 1.29 is 18.0 Å². The zero-order valence-electron chi connectivity index (χ0n) is 15.8. The lowest BCUT2D eigenvalue weighted by molar-refractivity contribution is -0.116. The smallest absolute Gasteiger partial charge is 0.243 e. The number of hydrogen-bond donors (Lipinski definition) is 2. The van der Waals surface area contributed by atoms with E-state index in [0.717, 1.165) is 4.31 Å². The molecule has 2 rings (SSSR count). The maximum absolute atomic E-state index is 13.0. The fraction of sp³-hybridized carbons (Fsp3) is 0.263. The first-order chi connectivity index (χ1) is 13.1. The number of rotatable bonds is 7. The van der Waals surface area contributed by atoms with E-state index in [1.54, 1.807) is 50.2 Å². The van der Waals surface area contributed by atoms with Gasteiger partial charge < -0.3 is 10.6 Å². The Morgan fingerprint density at radius 1 is 1.04 bits per heavy atom. The van der Waals surface area contributed by atoms with Gasteiger partial charge >= 0.3 is 0 Å². The predicted molar refractivity (Wildman–Crippen MR) is 113 cm³/mol. The minimum absolute atomic E-state index is 0.156. The SMILES string of the molecule is CCN(CC(=O)Nc1ccc(NC(C)=O)cc1)S(=O)(=O)c1cc(Br)ccc1C. The minimum atomic E-state index is -3.82. The van der Waals surface area contributed by atoms with Crippen molar-refractivity contribution in [2.75, 3.05) is 23.7 Å². The second-order valence-electron chi connectivity index (χ2n) is 6.15. The van der Waals surface area contributed by atoms with Gasteiger partial charge in [0, 0.05) is 29.3 Å². The van der Waals surface area contributed by atoms with Crippen LogP contribution in [0.3, 0.4) is 0 Å². The van der Waals surface area contributed by atoms with Crippen molar-refractivity contribution in [3.8, 4) is 0 Å². The van der Waals surface area contributed by atoms with Gasteiger partial charge in [0.2, 0.25) is 21.8 Å². The fourth-order valence-electron chi connectivity index (χ4n) is 2.56. The van der Waals surface area contributed by atoms with Crippen molar-refractivity contribution in [1.82, 2.24) is 4.31 Å². The van der Waals surface area contributed by atoms with Gasteiger partial charge in [-0.05, 0) is 48.9 Å². The third-order valence-electron chi connectivity index (χ3n) is 3.93. The molecule has 0 unspecified atom stereocenters. The van der Waals surface area contributed by atoms with Crippen LogP contribution in [0.15, 0.2) is 51.8 Å². The Balaban J connectivity index is 2.12. The molecule has 0 radical (unpaired) electrons. The molecule has 9 heteroatoms. The van der Waals surface area contributed by atoms with Crippen molar-refractivity contribution in [3.05, 3.63) is 52.5 Å². The van der Waals surface area contributed by atoms with Crippen molar-refractivity contribution >= 4 is 49.1 Å². The fourth-order valence-corrected chi connectivity index (χ4v) is 4.73. The number of carbonyl (C=O) groups is 2. The lowest BCUT2D eigenvalue weighted by atomic mass is 10.2. The summed E-state index contributed by atoms with van der Waals surface area (Å²) in [5.41, 5.74) is 1.72. The normalized spacial score (nSPS) is 11.3. The molecular weight excluding hydrogens is 446 g/mol. The van der Waals surface area contributed by atoms with Crippen molar-refractivity contribution in [2.24, 2.45) is 0 Å². The van der Waals surface area contributed by atoms with Crippen molar-refractivity contribution in [1.29, 1.82) is 0 Å². The average Bonchev–Trinajstić information content (AvgIpc) is 2.62. The number of aryl methyl sites for hydroxylation is 1. The lowest BCUT2D eigenvalue weighted by Gasteiger charge is -2.21. The molecule has 0 aliphatic heterocycles. The van der Waals surface area contributed by atoms with Crippen LogP contribution >= 0.6 is 15.9 Å². The van der Waals surface area contributed by atoms with E-state index in [1.165, 1.54) is 13.0 Å². The summed E-state index contributed by atoms with van der Waals surface area (Å²) in [7, 11) is -3.82. The molecule has 0 bridgehead atoms. The van der Waals surface area contributed by atoms with Crippen LogP contribution in [-0.2, 0) is 19.6 Å². The monoisotopic (exact) mass is 467 g/mol. The Hall–Kier alpha value is -2.23. The molecule has 2 N–H and O–H groups in total. The van der Waals surface area contributed by atoms with Gasteiger partial charge in [0.25, 0.3) is 0 Å². The Morgan fingerprint density at radius 2 is 1.61 bits per heavy atom. The van der Waals surface area contributed by atoms with E-state index in [1.807, 2.05) is 0 Å². The Morgan fingerprint density at radius 3 is 2.14 bits per heavy atom. The minimum Gasteiger partial charge on any atom is -0.326 e. The first-order valence-electron chi connectivity index (χ1n) is 8.57. The summed E-state index contributed by atoms with van der Waals surface area (Å²) in [6, 6.07) is 11.6. The summed E-state index contributed by atoms with van der Waals surface area (Å²) in [5, 5.41) is 5.30. The van der Waals surface area contributed by atoms with Gasteiger partial charge in [0.15, 0.2) is 0 Å². The quantitative estimate of drug-likeness (QED) is 0.652. The summed E-state index contributed by atoms with van der Waals surface area (Å²) < 4.78 is 27.7. The van der Waals surface area contributed by atoms with Crippen molar-refractivity contribution in [3.63, 3.8) is 0 Å². The summed E-state index contributed by atoms with van der Waals surface area (Å²) >= 11 is 3.29. The Bertz CT molecular complexity index is 975. The van der Waals surface area contributed by atoms with Gasteiger partial charge in [-0.1, -0.05) is 28.9 Å². The largest absolute Gasteiger partial charge is 0.326 e. The molecule has 28 heavy (non-hydrogen) atoms. The van der Waals surface area contributed by atoms with Gasteiger partial charge in [0.05, 0.1) is 11.4 Å². The number of carbonyl (C=O) groups excluding carboxylic acids is 2. The molecule has 0 saturated heterocycles. The molecular formula is C19H22BrN3O4S. The topological polar surface area (TPSA) is 95.6 Å². The standard InChI is InChI=1S/C19H22BrN3O4S/c1-4-23(28(26,27)18-11-15(20)6-5-13(18)2)12-19(25)22-17-9-7-16(8-10-17)21-14(3)24/h5-11H,4,12H2,1-3H3,(H,21,24)(H,22,25). The highest BCUT2D eigenvalue weighted by Crippen LogP contribution is 2.24. The zero-order valence-corrected chi connectivity index (χ0v) is 18.2. The van der Waals surface area contributed by atoms with Gasteiger partial charge in [-0.3, -0.25) is 9.59 Å². The number of hydrogen-bond acceptors (Lipinski definition) is 4. The van der Waals surface area contributed by atoms with Crippen LogP contribution in [0.5, 0.6) is 0 Å². The molecule has 0 atom stereocenters. The van der Waals surface area contributed by atoms with E-state index in [9.17, 15) is 18.0 Å². The van der Waals surface area contributed by atoms with Crippen LogP contribution in [0.2, 0.25) is 0 Å². The maximum Gasteiger partial charge on any atom is 0.243 e. The van der Waals surface area contributed by atoms with E-state index in [2.05, 4.69) is 26.6 Å². The number of anilines is 2. The number of likely N-dealkylation sites (N-methyl/N-ethyl adjacent to an activating group) is 1. The Kier molecular flexibility index (Phi) is 7.34. The van der Waals surface area contributed by atoms with E-state index in [4.69, 9.17) is 0 Å². The van der Waals surface area contributed by atoms with Crippen LogP contribution in [0.1, 0.15) is 19.4 Å². The van der Waals surface area contributed by atoms with Gasteiger partial charge in [0.1, 0.15) is 0 Å². The van der Waals surface area contributed by atoms with Crippen LogP contribution < -0.4 is 10.6 Å². The molecule has 7 nitrogen and oxygen atoms in total. The van der Waals surface area contributed by atoms with E-state index >= 15 is 0 Å². The third-order valence-corrected chi connectivity index (χ3v) is 6.49. The molecule has 0 aliphatic carbocycles. The van der Waals surface area contributed by atoms with Crippen molar-refractivity contribution in [2.45, 2.75) is 25.7 Å². The molecule has 2 aromatic carbocycles. The van der Waals surface area contributed by atoms with Crippen LogP contribution in [0.4, 0.5) is 11.4 Å². The van der Waals surface area contributed by atoms with Gasteiger partial charge in [-0.15, -0.1) is 0 Å². The summed E-state index contributed by atoms with van der Waals surface area (Å²) in [6.45, 7) is 4.65. The van der Waals surface area contributed by atoms with E-state index in [0.29, 0.717) is 21.4 Å². The van der Waals surface area contributed by atoms with Gasteiger partial charge in [-0.2, -0.15) is 4.31 Å². The first-order valence-corrected chi connectivity index (χ1v) is 10.8. The van der Waals surface area contributed by atoms with E-state index < -0.39 is 15.9 Å². The third kappa shape index (κ3) is 5.63. The van der Waals surface area contributed by atoms with Crippen LogP contribution in [-0.4, -0.2) is 37.6 Å². The van der Waals surface area contributed by atoms with Crippen LogP contribution in [0, 0.1) is 6.92 Å². The molecule has 0 heterocycles. The second kappa shape index (κ2) is 9.31. The Labute approximate surface area is 173 Å². The zero-order chi connectivity index (χ0) is 20.9. The molecule has 0 fully saturated rings. The number of nitrogens with one attached hydrogen (secondary N) is 2. The number of amides is 2. The van der Waals surface area contributed by atoms with Gasteiger partial charge in [-0.25, -0.2) is 8.42 Å². The molecule has 150 valence electrons.